The molecule has 2 aromatic heterocycles. The second-order valence-electron chi connectivity index (χ2n) is 8.08. The van der Waals surface area contributed by atoms with Crippen LogP contribution in [0.3, 0.4) is 0 Å². The lowest BCUT2D eigenvalue weighted by molar-refractivity contribution is 0.0683. The highest BCUT2D eigenvalue weighted by Gasteiger charge is 2.41. The second kappa shape index (κ2) is 9.56. The molecule has 1 aromatic carbocycles. The molecule has 162 valence electrons. The van der Waals surface area contributed by atoms with Gasteiger partial charge in [0.2, 0.25) is 0 Å². The summed E-state index contributed by atoms with van der Waals surface area (Å²) in [6, 6.07) is 10.6. The van der Waals surface area contributed by atoms with Gasteiger partial charge in [-0.05, 0) is 31.7 Å². The first-order valence-corrected chi connectivity index (χ1v) is 11.8. The first-order chi connectivity index (χ1) is 15.1. The zero-order valence-electron chi connectivity index (χ0n) is 18.2. The van der Waals surface area contributed by atoms with Gasteiger partial charge in [0, 0.05) is 42.8 Å². The third-order valence-electron chi connectivity index (χ3n) is 6.06. The summed E-state index contributed by atoms with van der Waals surface area (Å²) in [6.45, 7) is 6.32. The van der Waals surface area contributed by atoms with Gasteiger partial charge < -0.3 is 10.2 Å². The van der Waals surface area contributed by atoms with E-state index in [1.807, 2.05) is 17.9 Å². The number of likely N-dealkylation sites (tertiary alicyclic amines) is 1. The van der Waals surface area contributed by atoms with Crippen molar-refractivity contribution in [2.75, 3.05) is 25.0 Å². The molecular formula is C24H29N5OS. The molecule has 1 aliphatic heterocycles. The van der Waals surface area contributed by atoms with Crippen LogP contribution in [0.25, 0.3) is 0 Å². The Labute approximate surface area is 187 Å². The van der Waals surface area contributed by atoms with Gasteiger partial charge in [0.05, 0.1) is 11.3 Å². The van der Waals surface area contributed by atoms with Gasteiger partial charge in [-0.15, -0.1) is 11.3 Å². The maximum absolute atomic E-state index is 13.0. The van der Waals surface area contributed by atoms with E-state index in [1.54, 1.807) is 23.7 Å². The third kappa shape index (κ3) is 4.61. The van der Waals surface area contributed by atoms with Gasteiger partial charge in [-0.25, -0.2) is 15.0 Å². The lowest BCUT2D eigenvalue weighted by atomic mass is 9.70. The number of piperidine rings is 1. The SMILES string of the molecule is CCCCNc1nc(C2(c3ccccc3)CCN(C(=O)c3cnc(C)nc3)CC2)cs1. The highest BCUT2D eigenvalue weighted by molar-refractivity contribution is 7.13. The van der Waals surface area contributed by atoms with Crippen LogP contribution < -0.4 is 5.32 Å². The molecule has 1 saturated heterocycles. The molecule has 0 spiro atoms. The molecule has 0 saturated carbocycles. The summed E-state index contributed by atoms with van der Waals surface area (Å²) in [5, 5.41) is 6.62. The molecule has 0 aliphatic carbocycles. The number of nitrogens with zero attached hydrogens (tertiary/aromatic N) is 4. The van der Waals surface area contributed by atoms with E-state index in [9.17, 15) is 4.79 Å². The topological polar surface area (TPSA) is 71.0 Å². The molecule has 3 aromatic rings. The molecular weight excluding hydrogens is 406 g/mol. The van der Waals surface area contributed by atoms with Gasteiger partial charge in [0.15, 0.2) is 5.13 Å². The van der Waals surface area contributed by atoms with Crippen molar-refractivity contribution in [2.45, 2.75) is 44.9 Å². The number of nitrogens with one attached hydrogen (secondary N) is 1. The summed E-state index contributed by atoms with van der Waals surface area (Å²) in [5.41, 5.74) is 2.75. The zero-order valence-corrected chi connectivity index (χ0v) is 19.0. The largest absolute Gasteiger partial charge is 0.362 e. The summed E-state index contributed by atoms with van der Waals surface area (Å²) < 4.78 is 0. The maximum Gasteiger partial charge on any atom is 0.256 e. The number of amides is 1. The number of aromatic nitrogens is 3. The van der Waals surface area contributed by atoms with Crippen LogP contribution >= 0.6 is 11.3 Å². The Morgan fingerprint density at radius 3 is 2.55 bits per heavy atom. The molecule has 1 amide bonds. The fourth-order valence-electron chi connectivity index (χ4n) is 4.17. The molecule has 31 heavy (non-hydrogen) atoms. The second-order valence-corrected chi connectivity index (χ2v) is 8.94. The molecule has 1 N–H and O–H groups in total. The van der Waals surface area contributed by atoms with E-state index >= 15 is 0 Å². The first-order valence-electron chi connectivity index (χ1n) is 11.0. The number of thiazole rings is 1. The van der Waals surface area contributed by atoms with Crippen LogP contribution in [0, 0.1) is 6.92 Å². The summed E-state index contributed by atoms with van der Waals surface area (Å²) in [4.78, 5) is 28.2. The summed E-state index contributed by atoms with van der Waals surface area (Å²) in [5.74, 6) is 0.673. The number of hydrogen-bond donors (Lipinski definition) is 1. The van der Waals surface area contributed by atoms with Crippen molar-refractivity contribution in [3.05, 3.63) is 70.8 Å². The van der Waals surface area contributed by atoms with Gasteiger partial charge in [-0.1, -0.05) is 43.7 Å². The molecule has 4 rings (SSSR count). The van der Waals surface area contributed by atoms with Crippen LogP contribution in [-0.4, -0.2) is 45.4 Å². The van der Waals surface area contributed by atoms with E-state index in [1.165, 1.54) is 5.56 Å². The Morgan fingerprint density at radius 1 is 1.16 bits per heavy atom. The van der Waals surface area contributed by atoms with E-state index in [4.69, 9.17) is 4.98 Å². The molecule has 0 bridgehead atoms. The molecule has 0 radical (unpaired) electrons. The van der Waals surface area contributed by atoms with Gasteiger partial charge in [-0.2, -0.15) is 0 Å². The normalized spacial score (nSPS) is 15.6. The van der Waals surface area contributed by atoms with Crippen LogP contribution in [0.5, 0.6) is 0 Å². The van der Waals surface area contributed by atoms with Gasteiger partial charge in [-0.3, -0.25) is 4.79 Å². The quantitative estimate of drug-likeness (QED) is 0.546. The number of carbonyl (C=O) groups is 1. The lowest BCUT2D eigenvalue weighted by Gasteiger charge is -2.41. The van der Waals surface area contributed by atoms with Gasteiger partial charge in [0.1, 0.15) is 5.82 Å². The van der Waals surface area contributed by atoms with E-state index in [2.05, 4.69) is 51.9 Å². The average Bonchev–Trinajstić information content (AvgIpc) is 3.29. The minimum absolute atomic E-state index is 0.00172. The number of carbonyl (C=O) groups excluding carboxylic acids is 1. The molecule has 1 aliphatic rings. The molecule has 0 unspecified atom stereocenters. The van der Waals surface area contributed by atoms with Crippen molar-refractivity contribution >= 4 is 22.4 Å². The Hall–Kier alpha value is -2.80. The standard InChI is InChI=1S/C24H29N5OS/c1-3-4-12-25-23-28-21(17-31-23)24(20-8-6-5-7-9-20)10-13-29(14-11-24)22(30)19-15-26-18(2)27-16-19/h5-9,15-17H,3-4,10-14H2,1-2H3,(H,25,28). The predicted molar refractivity (Wildman–Crippen MR) is 125 cm³/mol. The van der Waals surface area contributed by atoms with Crippen molar-refractivity contribution < 1.29 is 4.79 Å². The van der Waals surface area contributed by atoms with Crippen LogP contribution in [0.15, 0.2) is 48.1 Å². The van der Waals surface area contributed by atoms with E-state index < -0.39 is 0 Å². The number of anilines is 1. The van der Waals surface area contributed by atoms with Crippen LogP contribution in [0.2, 0.25) is 0 Å². The van der Waals surface area contributed by atoms with Crippen molar-refractivity contribution in [1.82, 2.24) is 19.9 Å². The van der Waals surface area contributed by atoms with Crippen LogP contribution in [-0.2, 0) is 5.41 Å². The first kappa shape index (κ1) is 21.4. The summed E-state index contributed by atoms with van der Waals surface area (Å²) in [6.07, 6.45) is 7.23. The maximum atomic E-state index is 13.0. The van der Waals surface area contributed by atoms with E-state index in [-0.39, 0.29) is 11.3 Å². The van der Waals surface area contributed by atoms with Gasteiger partial charge >= 0.3 is 0 Å². The van der Waals surface area contributed by atoms with Crippen LogP contribution in [0.4, 0.5) is 5.13 Å². The molecule has 1 fully saturated rings. The minimum atomic E-state index is -0.178. The fourth-order valence-corrected chi connectivity index (χ4v) is 5.01. The van der Waals surface area contributed by atoms with Crippen molar-refractivity contribution in [1.29, 1.82) is 0 Å². The Kier molecular flexibility index (Phi) is 6.61. The van der Waals surface area contributed by atoms with Crippen molar-refractivity contribution in [3.63, 3.8) is 0 Å². The van der Waals surface area contributed by atoms with Crippen molar-refractivity contribution in [2.24, 2.45) is 0 Å². The summed E-state index contributed by atoms with van der Waals surface area (Å²) in [7, 11) is 0. The van der Waals surface area contributed by atoms with E-state index in [0.717, 1.165) is 43.1 Å². The van der Waals surface area contributed by atoms with Gasteiger partial charge in [0.25, 0.3) is 5.91 Å². The van der Waals surface area contributed by atoms with E-state index in [0.29, 0.717) is 24.5 Å². The third-order valence-corrected chi connectivity index (χ3v) is 6.86. The molecule has 7 heteroatoms. The minimum Gasteiger partial charge on any atom is -0.362 e. The fraction of sp³-hybridized carbons (Fsp3) is 0.417. The van der Waals surface area contributed by atoms with Crippen molar-refractivity contribution in [3.8, 4) is 0 Å². The average molecular weight is 436 g/mol. The zero-order chi connectivity index (χ0) is 21.7. The predicted octanol–water partition coefficient (Wildman–Crippen LogP) is 4.68. The lowest BCUT2D eigenvalue weighted by Crippen LogP contribution is -2.46. The number of benzene rings is 1. The number of hydrogen-bond acceptors (Lipinski definition) is 6. The Bertz CT molecular complexity index is 994. The smallest absolute Gasteiger partial charge is 0.256 e. The monoisotopic (exact) mass is 435 g/mol. The molecule has 0 atom stereocenters. The Balaban J connectivity index is 1.55. The number of rotatable bonds is 7. The molecule has 6 nitrogen and oxygen atoms in total. The summed E-state index contributed by atoms with van der Waals surface area (Å²) >= 11 is 1.67. The highest BCUT2D eigenvalue weighted by atomic mass is 32.1. The Morgan fingerprint density at radius 2 is 1.87 bits per heavy atom. The molecule has 3 heterocycles. The number of unbranched alkanes of at least 4 members (excludes halogenated alkanes) is 1. The van der Waals surface area contributed by atoms with Crippen LogP contribution in [0.1, 0.15) is 60.0 Å². The number of aryl methyl sites for hydroxylation is 1. The highest BCUT2D eigenvalue weighted by Crippen LogP contribution is 2.42.